The standard InChI is InChI=1S/C22H25F4N3O3S/c1-4-5-19(27)17-11-16(22(24,25)26)8-6-15(17)12-28-21(30)13(2)14-7-9-20(18(23)10-14)29-33(3,31)32/h6-11,13,27,29H,4-5,12H2,1-3H3,(H,28,30). The fourth-order valence-corrected chi connectivity index (χ4v) is 3.71. The van der Waals surface area contributed by atoms with E-state index < -0.39 is 39.4 Å². The number of benzene rings is 2. The summed E-state index contributed by atoms with van der Waals surface area (Å²) >= 11 is 0. The Morgan fingerprint density at radius 1 is 1.15 bits per heavy atom. The van der Waals surface area contributed by atoms with E-state index >= 15 is 0 Å². The van der Waals surface area contributed by atoms with Crippen LogP contribution in [-0.4, -0.2) is 26.3 Å². The second-order valence-electron chi connectivity index (χ2n) is 7.65. The molecule has 1 atom stereocenters. The number of amides is 1. The van der Waals surface area contributed by atoms with Crippen molar-refractivity contribution in [2.75, 3.05) is 11.0 Å². The van der Waals surface area contributed by atoms with Gasteiger partial charge in [-0.15, -0.1) is 0 Å². The summed E-state index contributed by atoms with van der Waals surface area (Å²) in [5.41, 5.74) is -0.326. The van der Waals surface area contributed by atoms with E-state index in [1.165, 1.54) is 25.1 Å². The van der Waals surface area contributed by atoms with Gasteiger partial charge in [-0.3, -0.25) is 9.52 Å². The molecule has 2 aromatic carbocycles. The molecule has 0 aromatic heterocycles. The number of carbonyl (C=O) groups is 1. The van der Waals surface area contributed by atoms with E-state index in [1.807, 2.05) is 4.72 Å². The molecule has 0 saturated carbocycles. The number of sulfonamides is 1. The predicted molar refractivity (Wildman–Crippen MR) is 118 cm³/mol. The molecule has 0 aliphatic carbocycles. The van der Waals surface area contributed by atoms with Gasteiger partial charge in [0.05, 0.1) is 23.4 Å². The second kappa shape index (κ2) is 10.3. The van der Waals surface area contributed by atoms with Crippen molar-refractivity contribution in [3.05, 3.63) is 64.5 Å². The maximum absolute atomic E-state index is 14.2. The van der Waals surface area contributed by atoms with Crippen molar-refractivity contribution in [2.24, 2.45) is 0 Å². The molecule has 1 unspecified atom stereocenters. The number of anilines is 1. The van der Waals surface area contributed by atoms with E-state index in [-0.39, 0.29) is 35.5 Å². The normalized spacial score (nSPS) is 12.8. The quantitative estimate of drug-likeness (QED) is 0.350. The fourth-order valence-electron chi connectivity index (χ4n) is 3.14. The minimum Gasteiger partial charge on any atom is -0.351 e. The SMILES string of the molecule is CCCC(=N)c1cc(C(F)(F)F)ccc1CNC(=O)C(C)c1ccc(NS(C)(=O)=O)c(F)c1. The van der Waals surface area contributed by atoms with Gasteiger partial charge in [0, 0.05) is 17.8 Å². The number of rotatable bonds is 9. The molecule has 180 valence electrons. The molecule has 1 amide bonds. The molecule has 0 aliphatic rings. The maximum atomic E-state index is 14.2. The van der Waals surface area contributed by atoms with Crippen molar-refractivity contribution < 1.29 is 30.8 Å². The zero-order valence-electron chi connectivity index (χ0n) is 18.3. The smallest absolute Gasteiger partial charge is 0.351 e. The molecule has 6 nitrogen and oxygen atoms in total. The third-order valence-electron chi connectivity index (χ3n) is 4.90. The fraction of sp³-hybridized carbons (Fsp3) is 0.364. The minimum absolute atomic E-state index is 0.0388. The summed E-state index contributed by atoms with van der Waals surface area (Å²) in [6.07, 6.45) is -2.81. The molecule has 0 spiro atoms. The van der Waals surface area contributed by atoms with Crippen molar-refractivity contribution in [1.29, 1.82) is 5.41 Å². The van der Waals surface area contributed by atoms with Crippen LogP contribution in [0.25, 0.3) is 0 Å². The monoisotopic (exact) mass is 487 g/mol. The highest BCUT2D eigenvalue weighted by Gasteiger charge is 2.31. The first-order chi connectivity index (χ1) is 15.2. The Bertz CT molecular complexity index is 1150. The third kappa shape index (κ3) is 7.28. The molecular weight excluding hydrogens is 462 g/mol. The third-order valence-corrected chi connectivity index (χ3v) is 5.49. The molecule has 0 bridgehead atoms. The van der Waals surface area contributed by atoms with E-state index in [9.17, 15) is 30.8 Å². The molecule has 0 aliphatic heterocycles. The van der Waals surface area contributed by atoms with Crippen LogP contribution in [0.2, 0.25) is 0 Å². The predicted octanol–water partition coefficient (Wildman–Crippen LogP) is 4.80. The lowest BCUT2D eigenvalue weighted by Gasteiger charge is -2.17. The number of carbonyl (C=O) groups excluding carboxylic acids is 1. The molecule has 3 N–H and O–H groups in total. The summed E-state index contributed by atoms with van der Waals surface area (Å²) in [7, 11) is -3.67. The van der Waals surface area contributed by atoms with Gasteiger partial charge in [0.1, 0.15) is 5.82 Å². The van der Waals surface area contributed by atoms with Crippen LogP contribution in [0.3, 0.4) is 0 Å². The summed E-state index contributed by atoms with van der Waals surface area (Å²) < 4.78 is 78.1. The van der Waals surface area contributed by atoms with E-state index in [4.69, 9.17) is 5.41 Å². The maximum Gasteiger partial charge on any atom is 0.416 e. The number of halogens is 4. The Hall–Kier alpha value is -2.95. The van der Waals surface area contributed by atoms with Gasteiger partial charge < -0.3 is 10.7 Å². The van der Waals surface area contributed by atoms with E-state index in [0.717, 1.165) is 24.5 Å². The summed E-state index contributed by atoms with van der Waals surface area (Å²) in [6.45, 7) is 3.21. The Labute approximate surface area is 190 Å². The summed E-state index contributed by atoms with van der Waals surface area (Å²) in [5, 5.41) is 10.7. The van der Waals surface area contributed by atoms with Gasteiger partial charge in [-0.05, 0) is 48.7 Å². The van der Waals surface area contributed by atoms with Gasteiger partial charge >= 0.3 is 6.18 Å². The van der Waals surface area contributed by atoms with Crippen LogP contribution in [0.15, 0.2) is 36.4 Å². The number of hydrogen-bond acceptors (Lipinski definition) is 4. The van der Waals surface area contributed by atoms with Crippen LogP contribution in [0.1, 0.15) is 54.9 Å². The van der Waals surface area contributed by atoms with Crippen LogP contribution in [-0.2, 0) is 27.5 Å². The molecule has 33 heavy (non-hydrogen) atoms. The average Bonchev–Trinajstić information content (AvgIpc) is 2.71. The van der Waals surface area contributed by atoms with Gasteiger partial charge in [-0.2, -0.15) is 13.2 Å². The van der Waals surface area contributed by atoms with Crippen molar-refractivity contribution in [3.8, 4) is 0 Å². The molecule has 11 heteroatoms. The summed E-state index contributed by atoms with van der Waals surface area (Å²) in [4.78, 5) is 12.6. The number of nitrogens with one attached hydrogen (secondary N) is 3. The Morgan fingerprint density at radius 2 is 1.82 bits per heavy atom. The minimum atomic E-state index is -4.56. The average molecular weight is 488 g/mol. The Balaban J connectivity index is 2.19. The van der Waals surface area contributed by atoms with Gasteiger partial charge in [0.15, 0.2) is 0 Å². The molecule has 2 aromatic rings. The highest BCUT2D eigenvalue weighted by Crippen LogP contribution is 2.31. The molecule has 2 rings (SSSR count). The second-order valence-corrected chi connectivity index (χ2v) is 9.40. The van der Waals surface area contributed by atoms with Gasteiger partial charge in [-0.25, -0.2) is 12.8 Å². The van der Waals surface area contributed by atoms with Crippen molar-refractivity contribution in [2.45, 2.75) is 45.3 Å². The first kappa shape index (κ1) is 26.3. The number of hydrogen-bond donors (Lipinski definition) is 3. The molecular formula is C22H25F4N3O3S. The molecule has 0 radical (unpaired) electrons. The topological polar surface area (TPSA) is 99.1 Å². The highest BCUT2D eigenvalue weighted by atomic mass is 32.2. The van der Waals surface area contributed by atoms with Crippen molar-refractivity contribution in [3.63, 3.8) is 0 Å². The number of alkyl halides is 3. The first-order valence-corrected chi connectivity index (χ1v) is 11.9. The lowest BCUT2D eigenvalue weighted by molar-refractivity contribution is -0.137. The van der Waals surface area contributed by atoms with E-state index in [0.29, 0.717) is 12.0 Å². The van der Waals surface area contributed by atoms with Crippen LogP contribution in [0.5, 0.6) is 0 Å². The first-order valence-electron chi connectivity index (χ1n) is 10.1. The lowest BCUT2D eigenvalue weighted by atomic mass is 9.96. The van der Waals surface area contributed by atoms with E-state index in [1.54, 1.807) is 6.92 Å². The summed E-state index contributed by atoms with van der Waals surface area (Å²) in [5.74, 6) is -2.18. The van der Waals surface area contributed by atoms with Crippen LogP contribution in [0, 0.1) is 11.2 Å². The molecule has 0 fully saturated rings. The lowest BCUT2D eigenvalue weighted by Crippen LogP contribution is -2.28. The Kier molecular flexibility index (Phi) is 8.23. The van der Waals surface area contributed by atoms with Crippen LogP contribution < -0.4 is 10.0 Å². The molecule has 0 saturated heterocycles. The van der Waals surface area contributed by atoms with E-state index in [2.05, 4.69) is 5.32 Å². The van der Waals surface area contributed by atoms with Crippen LogP contribution >= 0.6 is 0 Å². The van der Waals surface area contributed by atoms with Crippen molar-refractivity contribution >= 4 is 27.3 Å². The zero-order valence-corrected chi connectivity index (χ0v) is 19.1. The van der Waals surface area contributed by atoms with Gasteiger partial charge in [-0.1, -0.05) is 25.5 Å². The van der Waals surface area contributed by atoms with Gasteiger partial charge in [0.2, 0.25) is 15.9 Å². The molecule has 0 heterocycles. The zero-order chi connectivity index (χ0) is 25.0. The highest BCUT2D eigenvalue weighted by molar-refractivity contribution is 7.92. The Morgan fingerprint density at radius 3 is 2.36 bits per heavy atom. The van der Waals surface area contributed by atoms with Crippen molar-refractivity contribution in [1.82, 2.24) is 5.32 Å². The van der Waals surface area contributed by atoms with Crippen LogP contribution in [0.4, 0.5) is 23.2 Å². The summed E-state index contributed by atoms with van der Waals surface area (Å²) in [6, 6.07) is 6.69. The largest absolute Gasteiger partial charge is 0.416 e. The van der Waals surface area contributed by atoms with Gasteiger partial charge in [0.25, 0.3) is 0 Å².